The van der Waals surface area contributed by atoms with Crippen molar-refractivity contribution in [3.8, 4) is 0 Å². The van der Waals surface area contributed by atoms with E-state index in [1.54, 1.807) is 0 Å². The molecule has 6 heteroatoms. The number of nitrogens with zero attached hydrogens (tertiary/aromatic N) is 4. The van der Waals surface area contributed by atoms with Gasteiger partial charge in [0, 0.05) is 30.4 Å². The number of anilines is 1. The van der Waals surface area contributed by atoms with Crippen LogP contribution in [0, 0.1) is 0 Å². The van der Waals surface area contributed by atoms with Crippen molar-refractivity contribution >= 4 is 34.5 Å². The molecule has 0 radical (unpaired) electrons. The van der Waals surface area contributed by atoms with Gasteiger partial charge in [0.25, 0.3) is 11.5 Å². The molecule has 1 fully saturated rings. The fourth-order valence-electron chi connectivity index (χ4n) is 2.77. The van der Waals surface area contributed by atoms with Gasteiger partial charge in [-0.05, 0) is 27.7 Å². The average molecular weight is 314 g/mol. The van der Waals surface area contributed by atoms with Gasteiger partial charge in [-0.1, -0.05) is 12.1 Å². The summed E-state index contributed by atoms with van der Waals surface area (Å²) in [5.41, 5.74) is 4.79. The molecule has 0 atom stereocenters. The third kappa shape index (κ3) is 2.44. The lowest BCUT2D eigenvalue weighted by Gasteiger charge is -2.28. The fraction of sp³-hybridized carbons (Fsp3) is 0.312. The van der Waals surface area contributed by atoms with Crippen molar-refractivity contribution in [3.63, 3.8) is 0 Å². The predicted molar refractivity (Wildman–Crippen MR) is 88.4 cm³/mol. The Balaban J connectivity index is 1.54. The highest BCUT2D eigenvalue weighted by Gasteiger charge is 2.31. The molecule has 0 aromatic heterocycles. The largest absolute Gasteiger partial charge is 0.378 e. The van der Waals surface area contributed by atoms with Gasteiger partial charge >= 0.3 is 0 Å². The maximum Gasteiger partial charge on any atom is 0.280 e. The number of rotatable bonds is 2. The summed E-state index contributed by atoms with van der Waals surface area (Å²) in [6, 6.07) is 8.46. The van der Waals surface area contributed by atoms with Crippen molar-refractivity contribution in [2.45, 2.75) is 6.42 Å². The highest BCUT2D eigenvalue weighted by molar-refractivity contribution is 6.70. The molecule has 0 spiro atoms. The first-order chi connectivity index (χ1) is 10.8. The van der Waals surface area contributed by atoms with Crippen molar-refractivity contribution in [1.82, 2.24) is 0 Å². The molecule has 0 bridgehead atoms. The van der Waals surface area contributed by atoms with Gasteiger partial charge in [-0.15, -0.1) is 0 Å². The fourth-order valence-corrected chi connectivity index (χ4v) is 2.96. The zero-order valence-electron chi connectivity index (χ0n) is 11.9. The molecule has 4 rings (SSSR count). The maximum absolute atomic E-state index is 6.04. The Kier molecular flexibility index (Phi) is 3.47. The van der Waals surface area contributed by atoms with Crippen LogP contribution in [0.15, 0.2) is 50.6 Å². The second-order valence-corrected chi connectivity index (χ2v) is 5.65. The molecule has 3 heterocycles. The Morgan fingerprint density at radius 1 is 1.14 bits per heavy atom. The standard InChI is InChI=1S/C16H14ClN4O/c17-16-15-14(18-10-19-16)9-13(20-15)11-1-3-12(4-2-11)21-5-7-22-8-6-21/h1-4H,5-9H2/q+1. The van der Waals surface area contributed by atoms with Gasteiger partial charge in [0.15, 0.2) is 5.70 Å². The zero-order valence-corrected chi connectivity index (χ0v) is 12.7. The summed E-state index contributed by atoms with van der Waals surface area (Å²) >= 11 is 6.04. The summed E-state index contributed by atoms with van der Waals surface area (Å²) in [7, 11) is 0. The van der Waals surface area contributed by atoms with Gasteiger partial charge in [0.2, 0.25) is 5.70 Å². The minimum absolute atomic E-state index is 0.366. The van der Waals surface area contributed by atoms with E-state index in [-0.39, 0.29) is 0 Å². The lowest BCUT2D eigenvalue weighted by molar-refractivity contribution is 0.122. The predicted octanol–water partition coefficient (Wildman–Crippen LogP) is 2.48. The quantitative estimate of drug-likeness (QED) is 0.788. The van der Waals surface area contributed by atoms with E-state index in [2.05, 4.69) is 50.5 Å². The average Bonchev–Trinajstić information content (AvgIpc) is 3.02. The molecule has 3 aliphatic rings. The molecule has 1 aromatic rings. The van der Waals surface area contributed by atoms with Crippen LogP contribution in [-0.2, 0) is 4.74 Å². The number of benzene rings is 1. The van der Waals surface area contributed by atoms with Gasteiger partial charge in [-0.25, -0.2) is 4.99 Å². The molecule has 0 N–H and O–H groups in total. The van der Waals surface area contributed by atoms with Gasteiger partial charge in [-0.2, -0.15) is 0 Å². The van der Waals surface area contributed by atoms with Crippen LogP contribution in [0.2, 0.25) is 0 Å². The zero-order chi connectivity index (χ0) is 14.9. The van der Waals surface area contributed by atoms with E-state index in [0.717, 1.165) is 43.3 Å². The minimum Gasteiger partial charge on any atom is -0.378 e. The van der Waals surface area contributed by atoms with E-state index in [0.29, 0.717) is 17.3 Å². The topological polar surface area (TPSA) is 49.5 Å². The maximum atomic E-state index is 6.04. The summed E-state index contributed by atoms with van der Waals surface area (Å²) in [6.07, 6.45) is 3.23. The van der Waals surface area contributed by atoms with Crippen molar-refractivity contribution in [3.05, 3.63) is 41.2 Å². The van der Waals surface area contributed by atoms with E-state index >= 15 is 0 Å². The van der Waals surface area contributed by atoms with Crippen molar-refractivity contribution < 1.29 is 4.74 Å². The second kappa shape index (κ2) is 5.61. The Morgan fingerprint density at radius 2 is 1.91 bits per heavy atom. The Bertz CT molecular complexity index is 712. The first kappa shape index (κ1) is 13.6. The normalized spacial score (nSPS) is 20.5. The third-order valence-corrected chi connectivity index (χ3v) is 4.22. The molecule has 0 saturated carbocycles. The first-order valence-electron chi connectivity index (χ1n) is 7.24. The van der Waals surface area contributed by atoms with Crippen LogP contribution in [0.5, 0.6) is 0 Å². The van der Waals surface area contributed by atoms with Crippen LogP contribution in [0.4, 0.5) is 5.69 Å². The number of halogens is 1. The number of morpholine rings is 1. The number of allylic oxidation sites excluding steroid dienone is 2. The van der Waals surface area contributed by atoms with Crippen LogP contribution in [0.3, 0.4) is 0 Å². The van der Waals surface area contributed by atoms with E-state index in [9.17, 15) is 0 Å². The lowest BCUT2D eigenvalue weighted by Crippen LogP contribution is -2.36. The van der Waals surface area contributed by atoms with Crippen molar-refractivity contribution in [2.24, 2.45) is 15.0 Å². The van der Waals surface area contributed by atoms with E-state index < -0.39 is 0 Å². The summed E-state index contributed by atoms with van der Waals surface area (Å²) in [4.78, 5) is 14.9. The minimum atomic E-state index is 0.366. The van der Waals surface area contributed by atoms with Crippen molar-refractivity contribution in [2.75, 3.05) is 31.2 Å². The Labute approximate surface area is 133 Å². The number of hydrogen-bond acceptors (Lipinski definition) is 5. The highest BCUT2D eigenvalue weighted by Crippen LogP contribution is 2.29. The molecular weight excluding hydrogens is 300 g/mol. The molecule has 3 aliphatic heterocycles. The third-order valence-electron chi connectivity index (χ3n) is 3.96. The molecule has 0 unspecified atom stereocenters. The van der Waals surface area contributed by atoms with E-state index in [4.69, 9.17) is 16.3 Å². The molecule has 110 valence electrons. The number of aliphatic imine (C=N–C) groups is 3. The first-order valence-corrected chi connectivity index (χ1v) is 7.62. The Morgan fingerprint density at radius 3 is 2.64 bits per heavy atom. The molecule has 0 amide bonds. The van der Waals surface area contributed by atoms with Gasteiger partial charge in [0.1, 0.15) is 0 Å². The molecular formula is C16H14ClN4O+. The van der Waals surface area contributed by atoms with Gasteiger partial charge in [-0.3, -0.25) is 0 Å². The lowest BCUT2D eigenvalue weighted by atomic mass is 10.1. The summed E-state index contributed by atoms with van der Waals surface area (Å²) in [5.74, 6) is 0. The molecule has 5 nitrogen and oxygen atoms in total. The van der Waals surface area contributed by atoms with Gasteiger partial charge in [0.05, 0.1) is 25.3 Å². The molecule has 0 aliphatic carbocycles. The molecule has 22 heavy (non-hydrogen) atoms. The SMILES string of the molecule is ClC1=N[C+]=NC2=C1N=C(c1ccc(N3CCOCC3)cc1)C2. The Hall–Kier alpha value is -2.07. The van der Waals surface area contributed by atoms with Gasteiger partial charge < -0.3 is 9.64 Å². The van der Waals surface area contributed by atoms with Crippen LogP contribution >= 0.6 is 11.6 Å². The van der Waals surface area contributed by atoms with E-state index in [1.165, 1.54) is 5.69 Å². The summed E-state index contributed by atoms with van der Waals surface area (Å²) in [5, 5.41) is 0.366. The monoisotopic (exact) mass is 313 g/mol. The van der Waals surface area contributed by atoms with Crippen LogP contribution < -0.4 is 4.90 Å². The van der Waals surface area contributed by atoms with E-state index in [1.807, 2.05) is 0 Å². The smallest absolute Gasteiger partial charge is 0.280 e. The highest BCUT2D eigenvalue weighted by atomic mass is 35.5. The summed E-state index contributed by atoms with van der Waals surface area (Å²) < 4.78 is 5.38. The van der Waals surface area contributed by atoms with Crippen LogP contribution in [0.25, 0.3) is 0 Å². The van der Waals surface area contributed by atoms with Crippen molar-refractivity contribution in [1.29, 1.82) is 0 Å². The number of hydrogen-bond donors (Lipinski definition) is 0. The second-order valence-electron chi connectivity index (χ2n) is 5.29. The molecule has 1 aromatic carbocycles. The van der Waals surface area contributed by atoms with Crippen LogP contribution in [0.1, 0.15) is 12.0 Å². The molecule has 1 saturated heterocycles. The number of ether oxygens (including phenoxy) is 1. The van der Waals surface area contributed by atoms with Crippen LogP contribution in [-0.4, -0.2) is 43.5 Å². The summed E-state index contributed by atoms with van der Waals surface area (Å²) in [6.45, 7) is 3.45.